The lowest BCUT2D eigenvalue weighted by molar-refractivity contribution is -0.133. The quantitative estimate of drug-likeness (QED) is 0.883. The van der Waals surface area contributed by atoms with Gasteiger partial charge in [0.05, 0.1) is 11.6 Å². The van der Waals surface area contributed by atoms with Gasteiger partial charge in [0.25, 0.3) is 0 Å². The van der Waals surface area contributed by atoms with Crippen LogP contribution in [0.4, 0.5) is 0 Å². The number of carboxylic acids is 1. The Balaban J connectivity index is 2.15. The van der Waals surface area contributed by atoms with E-state index in [0.29, 0.717) is 37.4 Å². The Morgan fingerprint density at radius 3 is 2.71 bits per heavy atom. The van der Waals surface area contributed by atoms with Gasteiger partial charge >= 0.3 is 5.97 Å². The Morgan fingerprint density at radius 1 is 1.38 bits per heavy atom. The Hall–Kier alpha value is -1.88. The highest BCUT2D eigenvalue weighted by Crippen LogP contribution is 2.23. The Kier molecular flexibility index (Phi) is 4.63. The summed E-state index contributed by atoms with van der Waals surface area (Å²) >= 11 is 0. The number of amides is 1. The minimum absolute atomic E-state index is 0.0462. The van der Waals surface area contributed by atoms with Gasteiger partial charge in [-0.1, -0.05) is 26.0 Å². The van der Waals surface area contributed by atoms with E-state index in [2.05, 4.69) is 0 Å². The second-order valence-electron chi connectivity index (χ2n) is 5.99. The van der Waals surface area contributed by atoms with Crippen LogP contribution in [0, 0.1) is 5.92 Å². The standard InChI is InChI=1S/C16H22N2O3/c1-10(2)8-14(17)15(19)18-7-6-12-11(9-18)4-3-5-13(12)16(20)21/h3-5,10,14H,6-9,17H2,1-2H3,(H,20,21)/t14-/m0/s1. The zero-order chi connectivity index (χ0) is 15.6. The predicted molar refractivity (Wildman–Crippen MR) is 80.0 cm³/mol. The number of rotatable bonds is 4. The van der Waals surface area contributed by atoms with Gasteiger partial charge in [0.15, 0.2) is 0 Å². The third-order valence-electron chi connectivity index (χ3n) is 3.85. The summed E-state index contributed by atoms with van der Waals surface area (Å²) in [5.41, 5.74) is 8.05. The second kappa shape index (κ2) is 6.26. The molecular weight excluding hydrogens is 268 g/mol. The molecule has 5 heteroatoms. The Morgan fingerprint density at radius 2 is 2.10 bits per heavy atom. The molecule has 0 unspecified atom stereocenters. The number of hydrogen-bond donors (Lipinski definition) is 2. The molecule has 2 rings (SSSR count). The molecule has 1 amide bonds. The second-order valence-corrected chi connectivity index (χ2v) is 5.99. The number of carboxylic acid groups (broad SMARTS) is 1. The maximum absolute atomic E-state index is 12.3. The highest BCUT2D eigenvalue weighted by atomic mass is 16.4. The van der Waals surface area contributed by atoms with Crippen LogP contribution in [0.5, 0.6) is 0 Å². The molecule has 0 spiro atoms. The van der Waals surface area contributed by atoms with E-state index in [1.54, 1.807) is 17.0 Å². The first-order valence-electron chi connectivity index (χ1n) is 7.28. The molecule has 0 saturated carbocycles. The lowest BCUT2D eigenvalue weighted by Crippen LogP contribution is -2.46. The van der Waals surface area contributed by atoms with Crippen molar-refractivity contribution < 1.29 is 14.7 Å². The van der Waals surface area contributed by atoms with E-state index in [0.717, 1.165) is 11.1 Å². The van der Waals surface area contributed by atoms with Gasteiger partial charge in [0.1, 0.15) is 0 Å². The lowest BCUT2D eigenvalue weighted by Gasteiger charge is -2.31. The molecule has 3 N–H and O–H groups in total. The summed E-state index contributed by atoms with van der Waals surface area (Å²) < 4.78 is 0. The number of nitrogens with zero attached hydrogens (tertiary/aromatic N) is 1. The number of nitrogens with two attached hydrogens (primary N) is 1. The molecule has 114 valence electrons. The molecule has 0 saturated heterocycles. The number of fused-ring (bicyclic) bond motifs is 1. The molecule has 0 bridgehead atoms. The molecule has 0 fully saturated rings. The summed E-state index contributed by atoms with van der Waals surface area (Å²) in [5, 5.41) is 9.20. The number of aromatic carboxylic acids is 1. The van der Waals surface area contributed by atoms with Crippen molar-refractivity contribution in [2.75, 3.05) is 6.54 Å². The van der Waals surface area contributed by atoms with Crippen molar-refractivity contribution in [2.45, 2.75) is 39.3 Å². The number of carbonyl (C=O) groups excluding carboxylic acids is 1. The van der Waals surface area contributed by atoms with Crippen molar-refractivity contribution in [1.29, 1.82) is 0 Å². The topological polar surface area (TPSA) is 83.6 Å². The summed E-state index contributed by atoms with van der Waals surface area (Å²) in [6.45, 7) is 5.05. The molecule has 1 aromatic rings. The molecule has 5 nitrogen and oxygen atoms in total. The van der Waals surface area contributed by atoms with Crippen LogP contribution in [-0.2, 0) is 17.8 Å². The van der Waals surface area contributed by atoms with Crippen molar-refractivity contribution >= 4 is 11.9 Å². The zero-order valence-corrected chi connectivity index (χ0v) is 12.5. The van der Waals surface area contributed by atoms with Gasteiger partial charge in [-0.15, -0.1) is 0 Å². The fraction of sp³-hybridized carbons (Fsp3) is 0.500. The van der Waals surface area contributed by atoms with Gasteiger partial charge in [0, 0.05) is 13.1 Å². The lowest BCUT2D eigenvalue weighted by atomic mass is 9.93. The third kappa shape index (κ3) is 3.42. The monoisotopic (exact) mass is 290 g/mol. The highest BCUT2D eigenvalue weighted by Gasteiger charge is 2.27. The summed E-state index contributed by atoms with van der Waals surface area (Å²) in [5.74, 6) is -0.585. The highest BCUT2D eigenvalue weighted by molar-refractivity contribution is 5.90. The largest absolute Gasteiger partial charge is 0.478 e. The van der Waals surface area contributed by atoms with Gasteiger partial charge in [-0.2, -0.15) is 0 Å². The van der Waals surface area contributed by atoms with E-state index in [1.165, 1.54) is 0 Å². The molecule has 1 aliphatic rings. The van der Waals surface area contributed by atoms with Crippen LogP contribution in [0.15, 0.2) is 18.2 Å². The number of benzene rings is 1. The first kappa shape index (κ1) is 15.5. The van der Waals surface area contributed by atoms with Crippen LogP contribution in [0.2, 0.25) is 0 Å². The number of carbonyl (C=O) groups is 2. The molecule has 1 aliphatic heterocycles. The SMILES string of the molecule is CC(C)C[C@H](N)C(=O)N1CCc2c(cccc2C(=O)O)C1. The Bertz CT molecular complexity index is 554. The maximum Gasteiger partial charge on any atom is 0.335 e. The predicted octanol–water partition coefficient (Wildman–Crippen LogP) is 1.64. The van der Waals surface area contributed by atoms with E-state index in [9.17, 15) is 14.7 Å². The first-order valence-corrected chi connectivity index (χ1v) is 7.28. The summed E-state index contributed by atoms with van der Waals surface area (Å²) in [4.78, 5) is 25.3. The normalized spacial score (nSPS) is 15.7. The minimum Gasteiger partial charge on any atom is -0.478 e. The molecule has 1 atom stereocenters. The first-order chi connectivity index (χ1) is 9.90. The van der Waals surface area contributed by atoms with Crippen LogP contribution in [0.1, 0.15) is 41.8 Å². The van der Waals surface area contributed by atoms with Crippen LogP contribution >= 0.6 is 0 Å². The van der Waals surface area contributed by atoms with Crippen molar-refractivity contribution in [1.82, 2.24) is 4.90 Å². The summed E-state index contributed by atoms with van der Waals surface area (Å²) in [6.07, 6.45) is 1.23. The smallest absolute Gasteiger partial charge is 0.335 e. The molecule has 0 radical (unpaired) electrons. The summed E-state index contributed by atoms with van der Waals surface area (Å²) in [7, 11) is 0. The van der Waals surface area contributed by atoms with Gasteiger partial charge in [-0.3, -0.25) is 4.79 Å². The molecule has 21 heavy (non-hydrogen) atoms. The van der Waals surface area contributed by atoms with Crippen molar-refractivity contribution in [3.63, 3.8) is 0 Å². The van der Waals surface area contributed by atoms with E-state index in [4.69, 9.17) is 5.73 Å². The van der Waals surface area contributed by atoms with Crippen LogP contribution in [0.25, 0.3) is 0 Å². The molecule has 0 aliphatic carbocycles. The van der Waals surface area contributed by atoms with Gasteiger partial charge in [-0.25, -0.2) is 4.79 Å². The van der Waals surface area contributed by atoms with E-state index in [-0.39, 0.29) is 5.91 Å². The average Bonchev–Trinajstić information content (AvgIpc) is 2.44. The fourth-order valence-electron chi connectivity index (χ4n) is 2.84. The summed E-state index contributed by atoms with van der Waals surface area (Å²) in [6, 6.07) is 4.75. The maximum atomic E-state index is 12.3. The average molecular weight is 290 g/mol. The molecule has 1 heterocycles. The van der Waals surface area contributed by atoms with Crippen molar-refractivity contribution in [3.8, 4) is 0 Å². The van der Waals surface area contributed by atoms with Gasteiger partial charge < -0.3 is 15.7 Å². The van der Waals surface area contributed by atoms with Gasteiger partial charge in [-0.05, 0) is 36.0 Å². The van der Waals surface area contributed by atoms with E-state index >= 15 is 0 Å². The molecule has 1 aromatic carbocycles. The third-order valence-corrected chi connectivity index (χ3v) is 3.85. The molecule has 0 aromatic heterocycles. The van der Waals surface area contributed by atoms with Crippen LogP contribution in [-0.4, -0.2) is 34.5 Å². The van der Waals surface area contributed by atoms with E-state index < -0.39 is 12.0 Å². The van der Waals surface area contributed by atoms with Crippen molar-refractivity contribution in [2.24, 2.45) is 11.7 Å². The van der Waals surface area contributed by atoms with Crippen molar-refractivity contribution in [3.05, 3.63) is 34.9 Å². The fourth-order valence-corrected chi connectivity index (χ4v) is 2.84. The van der Waals surface area contributed by atoms with Gasteiger partial charge in [0.2, 0.25) is 5.91 Å². The minimum atomic E-state index is -0.914. The molecular formula is C16H22N2O3. The van der Waals surface area contributed by atoms with Crippen LogP contribution < -0.4 is 5.73 Å². The van der Waals surface area contributed by atoms with E-state index in [1.807, 2.05) is 19.9 Å². The number of hydrogen-bond acceptors (Lipinski definition) is 3. The zero-order valence-electron chi connectivity index (χ0n) is 12.5. The van der Waals surface area contributed by atoms with Crippen LogP contribution in [0.3, 0.4) is 0 Å². The Labute approximate surface area is 124 Å².